The molecule has 0 spiro atoms. The minimum absolute atomic E-state index is 0.247. The fourth-order valence-corrected chi connectivity index (χ4v) is 3.18. The van der Waals surface area contributed by atoms with E-state index in [2.05, 4.69) is 10.4 Å². The molecule has 0 saturated heterocycles. The number of ether oxygens (including phenoxy) is 1. The highest BCUT2D eigenvalue weighted by molar-refractivity contribution is 6.06. The van der Waals surface area contributed by atoms with Crippen LogP contribution in [0.15, 0.2) is 66.9 Å². The quantitative estimate of drug-likeness (QED) is 0.582. The summed E-state index contributed by atoms with van der Waals surface area (Å²) in [5, 5.41) is 7.27. The Morgan fingerprint density at radius 3 is 2.50 bits per heavy atom. The Labute approximate surface area is 161 Å². The molecular weight excluding hydrogens is 357 g/mol. The monoisotopic (exact) mass is 375 g/mol. The van der Waals surface area contributed by atoms with E-state index in [0.717, 1.165) is 16.9 Å². The third-order valence-electron chi connectivity index (χ3n) is 4.60. The van der Waals surface area contributed by atoms with Crippen LogP contribution in [0, 0.1) is 5.82 Å². The SMILES string of the molecule is CNC(=O)c1c(-c2ccc(F)cc2)nn2cc(-c3cccc(OC)c3)ccc12. The minimum Gasteiger partial charge on any atom is -0.497 e. The minimum atomic E-state index is -0.339. The van der Waals surface area contributed by atoms with Crippen LogP contribution in [0.1, 0.15) is 10.4 Å². The fourth-order valence-electron chi connectivity index (χ4n) is 3.18. The zero-order chi connectivity index (χ0) is 19.7. The van der Waals surface area contributed by atoms with Crippen molar-refractivity contribution in [2.75, 3.05) is 14.2 Å². The van der Waals surface area contributed by atoms with E-state index in [1.165, 1.54) is 12.1 Å². The number of methoxy groups -OCH3 is 1. The van der Waals surface area contributed by atoms with Gasteiger partial charge in [0.15, 0.2) is 0 Å². The summed E-state index contributed by atoms with van der Waals surface area (Å²) in [4.78, 5) is 12.5. The molecule has 28 heavy (non-hydrogen) atoms. The lowest BCUT2D eigenvalue weighted by atomic mass is 10.0. The number of nitrogens with zero attached hydrogens (tertiary/aromatic N) is 2. The molecule has 0 fully saturated rings. The van der Waals surface area contributed by atoms with Gasteiger partial charge in [-0.25, -0.2) is 8.91 Å². The number of amides is 1. The lowest BCUT2D eigenvalue weighted by Crippen LogP contribution is -2.18. The first-order chi connectivity index (χ1) is 13.6. The largest absolute Gasteiger partial charge is 0.497 e. The van der Waals surface area contributed by atoms with Crippen molar-refractivity contribution in [1.29, 1.82) is 0 Å². The van der Waals surface area contributed by atoms with Gasteiger partial charge in [0.1, 0.15) is 17.3 Å². The second-order valence-corrected chi connectivity index (χ2v) is 6.29. The van der Waals surface area contributed by atoms with E-state index in [4.69, 9.17) is 4.74 Å². The number of carbonyl (C=O) groups is 1. The van der Waals surface area contributed by atoms with Crippen LogP contribution in [-0.4, -0.2) is 29.7 Å². The van der Waals surface area contributed by atoms with Crippen LogP contribution in [-0.2, 0) is 0 Å². The van der Waals surface area contributed by atoms with Crippen molar-refractivity contribution in [1.82, 2.24) is 14.9 Å². The highest BCUT2D eigenvalue weighted by Crippen LogP contribution is 2.29. The van der Waals surface area contributed by atoms with Crippen LogP contribution in [0.3, 0.4) is 0 Å². The van der Waals surface area contributed by atoms with Gasteiger partial charge in [-0.3, -0.25) is 4.79 Å². The fraction of sp³-hybridized carbons (Fsp3) is 0.0909. The maximum Gasteiger partial charge on any atom is 0.255 e. The topological polar surface area (TPSA) is 55.6 Å². The van der Waals surface area contributed by atoms with Crippen molar-refractivity contribution in [2.45, 2.75) is 0 Å². The summed E-state index contributed by atoms with van der Waals surface area (Å²) in [7, 11) is 3.20. The zero-order valence-electron chi connectivity index (χ0n) is 15.4. The van der Waals surface area contributed by atoms with Gasteiger partial charge in [0.05, 0.1) is 18.2 Å². The molecular formula is C22H18FN3O2. The molecule has 2 heterocycles. The molecule has 0 aliphatic rings. The number of carbonyl (C=O) groups excluding carboxylic acids is 1. The second-order valence-electron chi connectivity index (χ2n) is 6.29. The lowest BCUT2D eigenvalue weighted by Gasteiger charge is -2.06. The predicted molar refractivity (Wildman–Crippen MR) is 106 cm³/mol. The van der Waals surface area contributed by atoms with Gasteiger partial charge >= 0.3 is 0 Å². The first kappa shape index (κ1) is 17.7. The van der Waals surface area contributed by atoms with Gasteiger partial charge in [-0.2, -0.15) is 5.10 Å². The number of halogens is 1. The van der Waals surface area contributed by atoms with Crippen molar-refractivity contribution in [3.63, 3.8) is 0 Å². The Hall–Kier alpha value is -3.67. The summed E-state index contributed by atoms with van der Waals surface area (Å²) in [6.45, 7) is 0. The molecule has 1 N–H and O–H groups in total. The van der Waals surface area contributed by atoms with Gasteiger partial charge < -0.3 is 10.1 Å². The summed E-state index contributed by atoms with van der Waals surface area (Å²) >= 11 is 0. The van der Waals surface area contributed by atoms with Gasteiger partial charge in [0.2, 0.25) is 0 Å². The first-order valence-electron chi connectivity index (χ1n) is 8.75. The van der Waals surface area contributed by atoms with Gasteiger partial charge in [-0.15, -0.1) is 0 Å². The van der Waals surface area contributed by atoms with Crippen LogP contribution in [0.5, 0.6) is 5.75 Å². The molecule has 6 heteroatoms. The van der Waals surface area contributed by atoms with Crippen molar-refractivity contribution in [3.8, 4) is 28.1 Å². The molecule has 5 nitrogen and oxygen atoms in total. The molecule has 2 aromatic carbocycles. The average Bonchev–Trinajstić information content (AvgIpc) is 3.12. The van der Waals surface area contributed by atoms with Crippen LogP contribution in [0.4, 0.5) is 4.39 Å². The Balaban J connectivity index is 1.90. The first-order valence-corrected chi connectivity index (χ1v) is 8.75. The number of pyridine rings is 1. The molecule has 4 rings (SSSR count). The molecule has 1 amide bonds. The summed E-state index contributed by atoms with van der Waals surface area (Å²) in [5.41, 5.74) is 4.20. The average molecular weight is 375 g/mol. The summed E-state index contributed by atoms with van der Waals surface area (Å²) in [6.07, 6.45) is 1.86. The molecule has 0 aliphatic carbocycles. The zero-order valence-corrected chi connectivity index (χ0v) is 15.4. The number of aromatic nitrogens is 2. The van der Waals surface area contributed by atoms with Crippen molar-refractivity contribution in [3.05, 3.63) is 78.2 Å². The number of rotatable bonds is 4. The standard InChI is InChI=1S/C22H18FN3O2/c1-24-22(27)20-19-11-8-16(15-4-3-5-18(12-15)28-2)13-26(19)25-21(20)14-6-9-17(23)10-7-14/h3-13H,1-2H3,(H,24,27). The maximum absolute atomic E-state index is 13.3. The third-order valence-corrected chi connectivity index (χ3v) is 4.60. The molecule has 0 radical (unpaired) electrons. The maximum atomic E-state index is 13.3. The summed E-state index contributed by atoms with van der Waals surface area (Å²) < 4.78 is 20.3. The number of hydrogen-bond donors (Lipinski definition) is 1. The molecule has 0 aliphatic heterocycles. The van der Waals surface area contributed by atoms with Crippen molar-refractivity contribution >= 4 is 11.4 Å². The van der Waals surface area contributed by atoms with Gasteiger partial charge in [0.25, 0.3) is 5.91 Å². The molecule has 140 valence electrons. The lowest BCUT2D eigenvalue weighted by molar-refractivity contribution is 0.0965. The second kappa shape index (κ2) is 7.15. The van der Waals surface area contributed by atoms with E-state index in [-0.39, 0.29) is 11.7 Å². The molecule has 0 atom stereocenters. The van der Waals surface area contributed by atoms with Crippen LogP contribution < -0.4 is 10.1 Å². The van der Waals surface area contributed by atoms with Crippen LogP contribution in [0.2, 0.25) is 0 Å². The number of hydrogen-bond acceptors (Lipinski definition) is 3. The highest BCUT2D eigenvalue weighted by Gasteiger charge is 2.20. The Morgan fingerprint density at radius 2 is 1.79 bits per heavy atom. The molecule has 4 aromatic rings. The van der Waals surface area contributed by atoms with Crippen LogP contribution in [0.25, 0.3) is 27.9 Å². The van der Waals surface area contributed by atoms with E-state index in [0.29, 0.717) is 22.3 Å². The predicted octanol–water partition coefficient (Wildman–Crippen LogP) is 4.18. The van der Waals surface area contributed by atoms with E-state index < -0.39 is 0 Å². The van der Waals surface area contributed by atoms with Gasteiger partial charge in [-0.1, -0.05) is 18.2 Å². The summed E-state index contributed by atoms with van der Waals surface area (Å²) in [6, 6.07) is 17.5. The van der Waals surface area contributed by atoms with Gasteiger partial charge in [0, 0.05) is 24.4 Å². The van der Waals surface area contributed by atoms with E-state index in [9.17, 15) is 9.18 Å². The number of fused-ring (bicyclic) bond motifs is 1. The Morgan fingerprint density at radius 1 is 1.04 bits per heavy atom. The molecule has 0 unspecified atom stereocenters. The molecule has 0 bridgehead atoms. The van der Waals surface area contributed by atoms with Crippen molar-refractivity contribution < 1.29 is 13.9 Å². The van der Waals surface area contributed by atoms with Crippen molar-refractivity contribution in [2.24, 2.45) is 0 Å². The number of benzene rings is 2. The molecule has 0 saturated carbocycles. The third kappa shape index (κ3) is 3.09. The Kier molecular flexibility index (Phi) is 4.53. The number of nitrogens with one attached hydrogen (secondary N) is 1. The summed E-state index contributed by atoms with van der Waals surface area (Å²) in [5.74, 6) is 0.175. The smallest absolute Gasteiger partial charge is 0.255 e. The van der Waals surface area contributed by atoms with E-state index in [1.807, 2.05) is 42.6 Å². The van der Waals surface area contributed by atoms with Crippen LogP contribution >= 0.6 is 0 Å². The highest BCUT2D eigenvalue weighted by atomic mass is 19.1. The normalized spacial score (nSPS) is 10.8. The van der Waals surface area contributed by atoms with Gasteiger partial charge in [-0.05, 0) is 48.0 Å². The van der Waals surface area contributed by atoms with E-state index >= 15 is 0 Å². The molecule has 2 aromatic heterocycles. The Bertz CT molecular complexity index is 1170. The van der Waals surface area contributed by atoms with E-state index in [1.54, 1.807) is 30.8 Å².